The first-order valence-electron chi connectivity index (χ1n) is 17.9. The van der Waals surface area contributed by atoms with Crippen LogP contribution in [0.1, 0.15) is 72.8 Å². The predicted octanol–water partition coefficient (Wildman–Crippen LogP) is 1.89. The molecule has 3 aromatic rings. The summed E-state index contributed by atoms with van der Waals surface area (Å²) >= 11 is 0. The Morgan fingerprint density at radius 3 is 1.88 bits per heavy atom. The second-order valence-corrected chi connectivity index (χ2v) is 13.3. The molecular formula is C38H47N7O7. The normalized spacial score (nSPS) is 21.1. The minimum absolute atomic E-state index is 0.0228. The third-order valence-electron chi connectivity index (χ3n) is 9.26. The van der Waals surface area contributed by atoms with Crippen LogP contribution in [0.2, 0.25) is 0 Å². The molecule has 5 rings (SSSR count). The summed E-state index contributed by atoms with van der Waals surface area (Å²) in [5.41, 5.74) is 1.48. The van der Waals surface area contributed by atoms with Gasteiger partial charge in [-0.15, -0.1) is 0 Å². The molecule has 6 amide bonds. The number of nitrogens with one attached hydrogen (secondary N) is 4. The zero-order valence-corrected chi connectivity index (χ0v) is 29.5. The Hall–Kier alpha value is -5.53. The maximum atomic E-state index is 13.9. The number of hydrogen-bond acceptors (Lipinski definition) is 8. The highest BCUT2D eigenvalue weighted by molar-refractivity contribution is 5.97. The molecule has 0 saturated carbocycles. The van der Waals surface area contributed by atoms with Crippen molar-refractivity contribution in [3.8, 4) is 0 Å². The summed E-state index contributed by atoms with van der Waals surface area (Å²) in [5, 5.41) is 14.9. The lowest BCUT2D eigenvalue weighted by Gasteiger charge is -2.26. The number of rotatable bonds is 7. The van der Waals surface area contributed by atoms with Crippen molar-refractivity contribution in [3.63, 3.8) is 0 Å². The monoisotopic (exact) mass is 713 g/mol. The van der Waals surface area contributed by atoms with E-state index in [2.05, 4.69) is 26.4 Å². The minimum atomic E-state index is -1.08. The number of hydrogen-bond donors (Lipinski definition) is 4. The highest BCUT2D eigenvalue weighted by atomic mass is 16.5. The van der Waals surface area contributed by atoms with Gasteiger partial charge in [0.25, 0.3) is 5.91 Å². The third kappa shape index (κ3) is 11.0. The van der Waals surface area contributed by atoms with Crippen LogP contribution in [0.3, 0.4) is 0 Å². The Bertz CT molecular complexity index is 1690. The van der Waals surface area contributed by atoms with E-state index in [1.54, 1.807) is 0 Å². The van der Waals surface area contributed by atoms with Crippen molar-refractivity contribution >= 4 is 35.4 Å². The van der Waals surface area contributed by atoms with E-state index in [9.17, 15) is 28.8 Å². The van der Waals surface area contributed by atoms with Gasteiger partial charge in [0.1, 0.15) is 18.1 Å². The van der Waals surface area contributed by atoms with Gasteiger partial charge in [0.05, 0.1) is 6.54 Å². The Morgan fingerprint density at radius 1 is 0.712 bits per heavy atom. The van der Waals surface area contributed by atoms with E-state index in [0.717, 1.165) is 36.8 Å². The average Bonchev–Trinajstić information content (AvgIpc) is 3.45. The van der Waals surface area contributed by atoms with Gasteiger partial charge in [-0.05, 0) is 30.9 Å². The van der Waals surface area contributed by atoms with Crippen LogP contribution in [-0.2, 0) is 43.4 Å². The van der Waals surface area contributed by atoms with Gasteiger partial charge in [0.2, 0.25) is 29.5 Å². The summed E-state index contributed by atoms with van der Waals surface area (Å²) in [6, 6.07) is 16.5. The molecule has 1 aromatic heterocycles. The number of nitrogens with zero attached hydrogens (tertiary/aromatic N) is 3. The van der Waals surface area contributed by atoms with Crippen LogP contribution in [0.5, 0.6) is 0 Å². The van der Waals surface area contributed by atoms with E-state index in [1.807, 2.05) is 65.6 Å². The molecule has 0 aliphatic carbocycles. The molecule has 276 valence electrons. The molecule has 14 nitrogen and oxygen atoms in total. The fraction of sp³-hybridized carbons (Fsp3) is 0.447. The number of fused-ring (bicyclic) bond motifs is 2. The largest absolute Gasteiger partial charge is 0.359 e. The molecule has 3 heterocycles. The van der Waals surface area contributed by atoms with Crippen molar-refractivity contribution in [1.82, 2.24) is 36.2 Å². The lowest BCUT2D eigenvalue weighted by molar-refractivity contribution is -0.137. The molecule has 0 spiro atoms. The SMILES string of the molecule is C[C@@H]1NC(=O)c2cc(on2)CN(C(=O)CCC(=O)N2CCCCCC2)CCNC(=O)[C@@H](Cc2ccccc2)NC(=O)[C@H](Cc2ccccc2)NC1=O. The first-order chi connectivity index (χ1) is 25.2. The highest BCUT2D eigenvalue weighted by Crippen LogP contribution is 2.14. The fourth-order valence-corrected chi connectivity index (χ4v) is 6.29. The summed E-state index contributed by atoms with van der Waals surface area (Å²) in [5.74, 6) is -2.57. The van der Waals surface area contributed by atoms with Gasteiger partial charge in [0, 0.05) is 57.9 Å². The molecule has 2 aliphatic heterocycles. The van der Waals surface area contributed by atoms with Gasteiger partial charge in [-0.3, -0.25) is 28.8 Å². The topological polar surface area (TPSA) is 183 Å². The zero-order valence-electron chi connectivity index (χ0n) is 29.5. The Morgan fingerprint density at radius 2 is 1.27 bits per heavy atom. The Balaban J connectivity index is 1.37. The molecular weight excluding hydrogens is 666 g/mol. The van der Waals surface area contributed by atoms with Gasteiger partial charge in [0.15, 0.2) is 11.5 Å². The molecule has 0 unspecified atom stereocenters. The van der Waals surface area contributed by atoms with Crippen molar-refractivity contribution in [2.24, 2.45) is 0 Å². The van der Waals surface area contributed by atoms with Crippen LogP contribution < -0.4 is 21.3 Å². The second-order valence-electron chi connectivity index (χ2n) is 13.3. The maximum Gasteiger partial charge on any atom is 0.274 e. The van der Waals surface area contributed by atoms with Gasteiger partial charge in [-0.2, -0.15) is 0 Å². The molecule has 3 atom stereocenters. The van der Waals surface area contributed by atoms with Crippen molar-refractivity contribution in [2.45, 2.75) is 83.0 Å². The lowest BCUT2D eigenvalue weighted by atomic mass is 10.0. The van der Waals surface area contributed by atoms with Crippen molar-refractivity contribution in [1.29, 1.82) is 0 Å². The fourth-order valence-electron chi connectivity index (χ4n) is 6.29. The third-order valence-corrected chi connectivity index (χ3v) is 9.26. The Labute approximate surface area is 303 Å². The van der Waals surface area contributed by atoms with E-state index in [-0.39, 0.29) is 68.6 Å². The average molecular weight is 714 g/mol. The summed E-state index contributed by atoms with van der Waals surface area (Å²) in [6.45, 7) is 2.84. The van der Waals surface area contributed by atoms with Crippen LogP contribution in [0, 0.1) is 0 Å². The summed E-state index contributed by atoms with van der Waals surface area (Å²) in [4.78, 5) is 83.8. The van der Waals surface area contributed by atoms with Gasteiger partial charge < -0.3 is 35.6 Å². The smallest absolute Gasteiger partial charge is 0.274 e. The number of likely N-dealkylation sites (tertiary alicyclic amines) is 1. The van der Waals surface area contributed by atoms with E-state index in [1.165, 1.54) is 17.9 Å². The second kappa shape index (κ2) is 18.6. The molecule has 2 bridgehead atoms. The molecule has 52 heavy (non-hydrogen) atoms. The van der Waals surface area contributed by atoms with E-state index in [0.29, 0.717) is 13.1 Å². The van der Waals surface area contributed by atoms with Crippen LogP contribution in [0.15, 0.2) is 71.3 Å². The molecule has 14 heteroatoms. The number of carbonyl (C=O) groups is 6. The van der Waals surface area contributed by atoms with Crippen LogP contribution in [0.25, 0.3) is 0 Å². The van der Waals surface area contributed by atoms with Crippen LogP contribution >= 0.6 is 0 Å². The van der Waals surface area contributed by atoms with Crippen molar-refractivity contribution < 1.29 is 33.3 Å². The van der Waals surface area contributed by atoms with Gasteiger partial charge in [-0.25, -0.2) is 0 Å². The maximum absolute atomic E-state index is 13.9. The van der Waals surface area contributed by atoms with E-state index >= 15 is 0 Å². The number of amides is 6. The van der Waals surface area contributed by atoms with Crippen molar-refractivity contribution in [3.05, 3.63) is 89.3 Å². The molecule has 1 fully saturated rings. The predicted molar refractivity (Wildman–Crippen MR) is 190 cm³/mol. The molecule has 0 radical (unpaired) electrons. The van der Waals surface area contributed by atoms with Crippen molar-refractivity contribution in [2.75, 3.05) is 26.2 Å². The number of aromatic nitrogens is 1. The first-order valence-corrected chi connectivity index (χ1v) is 17.9. The quantitative estimate of drug-likeness (QED) is 0.286. The minimum Gasteiger partial charge on any atom is -0.359 e. The lowest BCUT2D eigenvalue weighted by Crippen LogP contribution is -2.57. The Kier molecular flexibility index (Phi) is 13.5. The van der Waals surface area contributed by atoms with E-state index in [4.69, 9.17) is 4.52 Å². The van der Waals surface area contributed by atoms with Gasteiger partial charge >= 0.3 is 0 Å². The van der Waals surface area contributed by atoms with Gasteiger partial charge in [-0.1, -0.05) is 78.7 Å². The number of carbonyl (C=O) groups excluding carboxylic acids is 6. The zero-order chi connectivity index (χ0) is 36.9. The summed E-state index contributed by atoms with van der Waals surface area (Å²) in [7, 11) is 0. The number of benzene rings is 2. The first kappa shape index (κ1) is 37.7. The summed E-state index contributed by atoms with van der Waals surface area (Å²) < 4.78 is 5.41. The summed E-state index contributed by atoms with van der Waals surface area (Å²) in [6.07, 6.45) is 4.33. The van der Waals surface area contributed by atoms with E-state index < -0.39 is 41.8 Å². The molecule has 4 N–H and O–H groups in total. The molecule has 2 aliphatic rings. The molecule has 2 aromatic carbocycles. The standard InChI is InChI=1S/C38H47N7O7/c1-26-35(48)41-31(23-28-14-8-5-9-15-28)37(50)42-30(22-27-12-6-4-7-13-27)36(49)39-18-21-45(25-29-24-32(43-52-29)38(51)40-26)34(47)17-16-33(46)44-19-10-2-3-11-20-44/h4-9,12-15,24,26,30-31H,2-3,10-11,16-23,25H2,1H3,(H,39,49)(H,40,51)(H,41,48)(H,42,50)/t26-,30+,31-/m0/s1. The molecule has 1 saturated heterocycles. The highest BCUT2D eigenvalue weighted by Gasteiger charge is 2.30. The van der Waals surface area contributed by atoms with Crippen LogP contribution in [-0.4, -0.2) is 94.7 Å². The van der Waals surface area contributed by atoms with Crippen LogP contribution in [0.4, 0.5) is 0 Å².